The van der Waals surface area contributed by atoms with E-state index in [0.29, 0.717) is 22.2 Å². The van der Waals surface area contributed by atoms with Gasteiger partial charge in [0, 0.05) is 34.0 Å². The minimum absolute atomic E-state index is 0.0280. The predicted molar refractivity (Wildman–Crippen MR) is 73.8 cm³/mol. The number of nitrogens with one attached hydrogen (secondary N) is 1. The molecule has 0 amide bonds. The van der Waals surface area contributed by atoms with E-state index in [9.17, 15) is 13.2 Å². The van der Waals surface area contributed by atoms with Crippen LogP contribution in [0.2, 0.25) is 0 Å². The highest BCUT2D eigenvalue weighted by molar-refractivity contribution is 8.07. The third-order valence-electron chi connectivity index (χ3n) is 3.21. The molecule has 1 saturated heterocycles. The summed E-state index contributed by atoms with van der Waals surface area (Å²) in [6.45, 7) is 4.35. The molecule has 1 fully saturated rings. The Hall–Kier alpha value is 0.410. The minimum Gasteiger partial charge on any atom is -0.271 e. The highest BCUT2D eigenvalue weighted by Gasteiger charge is 2.32. The molecule has 108 valence electrons. The first kappa shape index (κ1) is 16.5. The van der Waals surface area contributed by atoms with Gasteiger partial charge >= 0.3 is 6.18 Å². The molecule has 4 unspecified atom stereocenters. The summed E-state index contributed by atoms with van der Waals surface area (Å²) < 4.78 is 36.3. The number of alkyl halides is 3. The minimum atomic E-state index is -4.06. The van der Waals surface area contributed by atoms with Crippen LogP contribution in [0.25, 0.3) is 0 Å². The predicted octanol–water partition coefficient (Wildman–Crippen LogP) is 3.18. The highest BCUT2D eigenvalue weighted by atomic mass is 32.2. The number of hydrogen-bond acceptors (Lipinski definition) is 4. The van der Waals surface area contributed by atoms with Crippen molar-refractivity contribution in [1.29, 1.82) is 0 Å². The normalized spacial score (nSPS) is 31.3. The molecular formula is C11H21F3N2S2. The molecule has 1 aliphatic heterocycles. The summed E-state index contributed by atoms with van der Waals surface area (Å²) in [4.78, 5) is 0. The summed E-state index contributed by atoms with van der Waals surface area (Å²) in [5, 5.41) is 1.42. The number of rotatable bonds is 5. The van der Waals surface area contributed by atoms with Crippen LogP contribution in [0.4, 0.5) is 13.2 Å². The van der Waals surface area contributed by atoms with Crippen LogP contribution in [-0.2, 0) is 0 Å². The summed E-state index contributed by atoms with van der Waals surface area (Å²) >= 11 is 3.72. The largest absolute Gasteiger partial charge is 0.389 e. The van der Waals surface area contributed by atoms with E-state index in [0.717, 1.165) is 5.75 Å². The Labute approximate surface area is 115 Å². The SMILES string of the molecule is CC1SCC(C(CCCC(F)(F)F)NN)SC1C. The molecule has 4 atom stereocenters. The molecule has 3 N–H and O–H groups in total. The molecule has 0 aromatic carbocycles. The second-order valence-electron chi connectivity index (χ2n) is 4.70. The van der Waals surface area contributed by atoms with Crippen LogP contribution in [0.5, 0.6) is 0 Å². The summed E-state index contributed by atoms with van der Waals surface area (Å²) in [5.41, 5.74) is 2.69. The Bertz CT molecular complexity index is 251. The molecule has 1 heterocycles. The fourth-order valence-corrected chi connectivity index (χ4v) is 5.07. The van der Waals surface area contributed by atoms with Crippen molar-refractivity contribution >= 4 is 23.5 Å². The number of hydrazine groups is 1. The number of thioether (sulfide) groups is 2. The molecule has 2 nitrogen and oxygen atoms in total. The standard InChI is InChI=1S/C11H21F3N2S2/c1-7-8(2)18-10(6-17-7)9(16-15)4-3-5-11(12,13)14/h7-10,16H,3-6,15H2,1-2H3. The zero-order chi connectivity index (χ0) is 13.8. The van der Waals surface area contributed by atoms with E-state index in [4.69, 9.17) is 5.84 Å². The van der Waals surface area contributed by atoms with Gasteiger partial charge in [-0.3, -0.25) is 11.3 Å². The molecule has 18 heavy (non-hydrogen) atoms. The molecule has 7 heteroatoms. The zero-order valence-electron chi connectivity index (χ0n) is 10.7. The lowest BCUT2D eigenvalue weighted by Gasteiger charge is -2.35. The fourth-order valence-electron chi connectivity index (χ4n) is 1.92. The van der Waals surface area contributed by atoms with Gasteiger partial charge in [0.05, 0.1) is 0 Å². The molecule has 0 aromatic heterocycles. The summed E-state index contributed by atoms with van der Waals surface area (Å²) in [5.74, 6) is 6.44. The van der Waals surface area contributed by atoms with Crippen molar-refractivity contribution in [2.24, 2.45) is 5.84 Å². The maximum absolute atomic E-state index is 12.1. The number of hydrogen-bond donors (Lipinski definition) is 2. The van der Waals surface area contributed by atoms with Crippen molar-refractivity contribution in [2.45, 2.75) is 61.1 Å². The lowest BCUT2D eigenvalue weighted by Crippen LogP contribution is -2.46. The molecule has 0 radical (unpaired) electrons. The second-order valence-corrected chi connectivity index (χ2v) is 7.73. The van der Waals surface area contributed by atoms with Crippen LogP contribution < -0.4 is 11.3 Å². The van der Waals surface area contributed by atoms with E-state index >= 15 is 0 Å². The molecule has 0 aliphatic carbocycles. The third-order valence-corrected chi connectivity index (χ3v) is 6.76. The van der Waals surface area contributed by atoms with Crippen LogP contribution in [-0.4, -0.2) is 33.7 Å². The molecule has 1 rings (SSSR count). The van der Waals surface area contributed by atoms with Gasteiger partial charge in [0.25, 0.3) is 0 Å². The molecular weight excluding hydrogens is 281 g/mol. The van der Waals surface area contributed by atoms with E-state index < -0.39 is 12.6 Å². The lowest BCUT2D eigenvalue weighted by atomic mass is 10.1. The van der Waals surface area contributed by atoms with E-state index in [-0.39, 0.29) is 12.5 Å². The van der Waals surface area contributed by atoms with Crippen molar-refractivity contribution in [3.8, 4) is 0 Å². The Morgan fingerprint density at radius 2 is 2.00 bits per heavy atom. The van der Waals surface area contributed by atoms with Gasteiger partial charge in [-0.25, -0.2) is 0 Å². The number of nitrogens with two attached hydrogens (primary N) is 1. The van der Waals surface area contributed by atoms with Gasteiger partial charge in [0.15, 0.2) is 0 Å². The van der Waals surface area contributed by atoms with Crippen molar-refractivity contribution in [3.05, 3.63) is 0 Å². The average molecular weight is 302 g/mol. The quantitative estimate of drug-likeness (QED) is 0.604. The van der Waals surface area contributed by atoms with Crippen LogP contribution in [0.1, 0.15) is 33.1 Å². The molecule has 0 spiro atoms. The van der Waals surface area contributed by atoms with Crippen molar-refractivity contribution in [2.75, 3.05) is 5.75 Å². The van der Waals surface area contributed by atoms with Crippen molar-refractivity contribution in [3.63, 3.8) is 0 Å². The van der Waals surface area contributed by atoms with Crippen LogP contribution in [0.3, 0.4) is 0 Å². The summed E-state index contributed by atoms with van der Waals surface area (Å²) in [7, 11) is 0. The first-order valence-electron chi connectivity index (χ1n) is 6.13. The van der Waals surface area contributed by atoms with E-state index in [1.807, 2.05) is 23.5 Å². The van der Waals surface area contributed by atoms with Crippen LogP contribution in [0, 0.1) is 0 Å². The molecule has 0 bridgehead atoms. The Morgan fingerprint density at radius 3 is 2.50 bits per heavy atom. The zero-order valence-corrected chi connectivity index (χ0v) is 12.3. The third kappa shape index (κ3) is 5.59. The Kier molecular flexibility index (Phi) is 6.64. The summed E-state index contributed by atoms with van der Waals surface area (Å²) in [6, 6.07) is -0.0280. The van der Waals surface area contributed by atoms with Gasteiger partial charge in [0.1, 0.15) is 0 Å². The monoisotopic (exact) mass is 302 g/mol. The van der Waals surface area contributed by atoms with Gasteiger partial charge in [-0.2, -0.15) is 36.7 Å². The van der Waals surface area contributed by atoms with E-state index in [1.165, 1.54) is 0 Å². The second kappa shape index (κ2) is 7.26. The topological polar surface area (TPSA) is 38.0 Å². The maximum Gasteiger partial charge on any atom is 0.389 e. The van der Waals surface area contributed by atoms with Gasteiger partial charge in [0.2, 0.25) is 0 Å². The van der Waals surface area contributed by atoms with Crippen LogP contribution in [0.15, 0.2) is 0 Å². The van der Waals surface area contributed by atoms with Gasteiger partial charge < -0.3 is 0 Å². The molecule has 0 saturated carbocycles. The first-order chi connectivity index (χ1) is 8.33. The first-order valence-corrected chi connectivity index (χ1v) is 8.12. The van der Waals surface area contributed by atoms with Crippen molar-refractivity contribution < 1.29 is 13.2 Å². The van der Waals surface area contributed by atoms with E-state index in [2.05, 4.69) is 19.3 Å². The van der Waals surface area contributed by atoms with Gasteiger partial charge in [-0.1, -0.05) is 13.8 Å². The fraction of sp³-hybridized carbons (Fsp3) is 1.00. The summed E-state index contributed by atoms with van der Waals surface area (Å²) in [6.07, 6.45) is -4.16. The lowest BCUT2D eigenvalue weighted by molar-refractivity contribution is -0.135. The number of halogens is 3. The Balaban J connectivity index is 2.37. The van der Waals surface area contributed by atoms with Gasteiger partial charge in [-0.15, -0.1) is 0 Å². The Morgan fingerprint density at radius 1 is 1.33 bits per heavy atom. The van der Waals surface area contributed by atoms with Gasteiger partial charge in [-0.05, 0) is 12.8 Å². The average Bonchev–Trinajstić information content (AvgIpc) is 2.27. The van der Waals surface area contributed by atoms with E-state index in [1.54, 1.807) is 0 Å². The highest BCUT2D eigenvalue weighted by Crippen LogP contribution is 2.38. The van der Waals surface area contributed by atoms with Crippen LogP contribution >= 0.6 is 23.5 Å². The maximum atomic E-state index is 12.1. The molecule has 0 aromatic rings. The van der Waals surface area contributed by atoms with Crippen molar-refractivity contribution in [1.82, 2.24) is 5.43 Å². The molecule has 1 aliphatic rings. The smallest absolute Gasteiger partial charge is 0.271 e.